The molecule has 2 aromatic carbocycles. The number of nitrogens with zero attached hydrogens (tertiary/aromatic N) is 3. The standard InChI is InChI=1S/C26H29N3O2/c1-20-5-3-4-6-25(20)26(12-14-28-30,23-11-13-27-21(2)19-23)22-7-9-24(10-8-22)29-15-17-31-18-16-29/h3-11,13-14,19,30H,12,15-18H2,1-2H3/b28-14+/t26-/m0/s1. The van der Waals surface area contributed by atoms with E-state index in [1.54, 1.807) is 6.21 Å². The van der Waals surface area contributed by atoms with E-state index in [4.69, 9.17) is 4.74 Å². The summed E-state index contributed by atoms with van der Waals surface area (Å²) in [4.78, 5) is 6.77. The van der Waals surface area contributed by atoms with Gasteiger partial charge in [0.15, 0.2) is 0 Å². The monoisotopic (exact) mass is 415 g/mol. The van der Waals surface area contributed by atoms with E-state index in [0.29, 0.717) is 6.42 Å². The fourth-order valence-corrected chi connectivity index (χ4v) is 4.64. The Balaban J connectivity index is 1.89. The molecule has 5 heteroatoms. The van der Waals surface area contributed by atoms with Crippen molar-refractivity contribution in [2.75, 3.05) is 31.2 Å². The minimum absolute atomic E-state index is 0.491. The van der Waals surface area contributed by atoms with Crippen LogP contribution in [0.1, 0.15) is 34.4 Å². The number of aromatic nitrogens is 1. The van der Waals surface area contributed by atoms with E-state index in [2.05, 4.69) is 82.6 Å². The molecule has 1 N–H and O–H groups in total. The van der Waals surface area contributed by atoms with Gasteiger partial charge in [-0.05, 0) is 60.4 Å². The summed E-state index contributed by atoms with van der Waals surface area (Å²) in [5.41, 5.74) is 6.35. The van der Waals surface area contributed by atoms with Crippen LogP contribution in [0.4, 0.5) is 5.69 Å². The lowest BCUT2D eigenvalue weighted by atomic mass is 9.66. The lowest BCUT2D eigenvalue weighted by Crippen LogP contribution is -2.36. The number of rotatable bonds is 6. The van der Waals surface area contributed by atoms with Crippen LogP contribution >= 0.6 is 0 Å². The van der Waals surface area contributed by atoms with Crippen molar-refractivity contribution in [1.82, 2.24) is 4.98 Å². The van der Waals surface area contributed by atoms with Gasteiger partial charge in [-0.2, -0.15) is 0 Å². The zero-order valence-electron chi connectivity index (χ0n) is 18.2. The second kappa shape index (κ2) is 9.31. The van der Waals surface area contributed by atoms with Gasteiger partial charge in [-0.25, -0.2) is 0 Å². The van der Waals surface area contributed by atoms with E-state index in [0.717, 1.165) is 43.1 Å². The van der Waals surface area contributed by atoms with Gasteiger partial charge >= 0.3 is 0 Å². The summed E-state index contributed by atoms with van der Waals surface area (Å²) >= 11 is 0. The zero-order chi connectivity index (χ0) is 21.7. The Morgan fingerprint density at radius 1 is 1.03 bits per heavy atom. The Kier molecular flexibility index (Phi) is 6.33. The minimum Gasteiger partial charge on any atom is -0.411 e. The van der Waals surface area contributed by atoms with Gasteiger partial charge in [-0.15, -0.1) is 5.16 Å². The van der Waals surface area contributed by atoms with Gasteiger partial charge in [0.05, 0.1) is 18.6 Å². The first kappa shape index (κ1) is 21.1. The first-order valence-corrected chi connectivity index (χ1v) is 10.7. The third-order valence-electron chi connectivity index (χ3n) is 6.21. The Bertz CT molecular complexity index is 1040. The first-order valence-electron chi connectivity index (χ1n) is 10.7. The van der Waals surface area contributed by atoms with Crippen molar-refractivity contribution >= 4 is 11.9 Å². The molecular weight excluding hydrogens is 386 g/mol. The number of hydrogen-bond acceptors (Lipinski definition) is 5. The van der Waals surface area contributed by atoms with Crippen LogP contribution in [-0.2, 0) is 10.2 Å². The minimum atomic E-state index is -0.491. The lowest BCUT2D eigenvalue weighted by molar-refractivity contribution is 0.122. The van der Waals surface area contributed by atoms with Gasteiger partial charge in [-0.1, -0.05) is 36.4 Å². The molecule has 0 spiro atoms. The molecule has 0 saturated carbocycles. The highest BCUT2D eigenvalue weighted by Gasteiger charge is 2.37. The third-order valence-corrected chi connectivity index (χ3v) is 6.21. The molecule has 2 heterocycles. The molecule has 0 amide bonds. The summed E-state index contributed by atoms with van der Waals surface area (Å²) in [6.45, 7) is 7.48. The van der Waals surface area contributed by atoms with Crippen LogP contribution in [0, 0.1) is 13.8 Å². The topological polar surface area (TPSA) is 58.0 Å². The molecule has 160 valence electrons. The summed E-state index contributed by atoms with van der Waals surface area (Å²) in [7, 11) is 0. The predicted molar refractivity (Wildman–Crippen MR) is 124 cm³/mol. The Morgan fingerprint density at radius 3 is 2.45 bits per heavy atom. The maximum absolute atomic E-state index is 9.35. The van der Waals surface area contributed by atoms with Gasteiger partial charge in [-0.3, -0.25) is 4.98 Å². The van der Waals surface area contributed by atoms with Crippen molar-refractivity contribution in [3.05, 3.63) is 94.8 Å². The van der Waals surface area contributed by atoms with E-state index in [9.17, 15) is 5.21 Å². The molecule has 0 radical (unpaired) electrons. The average molecular weight is 416 g/mol. The molecule has 1 aromatic heterocycles. The number of anilines is 1. The number of benzene rings is 2. The van der Waals surface area contributed by atoms with Crippen molar-refractivity contribution in [2.45, 2.75) is 25.7 Å². The van der Waals surface area contributed by atoms with Crippen LogP contribution in [0.3, 0.4) is 0 Å². The summed E-state index contributed by atoms with van der Waals surface area (Å²) < 4.78 is 5.50. The molecule has 1 atom stereocenters. The zero-order valence-corrected chi connectivity index (χ0v) is 18.2. The fraction of sp³-hybridized carbons (Fsp3) is 0.308. The number of aryl methyl sites for hydroxylation is 2. The quantitative estimate of drug-likeness (QED) is 0.360. The average Bonchev–Trinajstić information content (AvgIpc) is 2.81. The molecule has 1 fully saturated rings. The summed E-state index contributed by atoms with van der Waals surface area (Å²) in [5, 5.41) is 12.7. The van der Waals surface area contributed by atoms with Crippen LogP contribution in [0.2, 0.25) is 0 Å². The van der Waals surface area contributed by atoms with Gasteiger partial charge in [0.25, 0.3) is 0 Å². The molecule has 0 aliphatic carbocycles. The molecule has 3 aromatic rings. The molecule has 31 heavy (non-hydrogen) atoms. The number of hydrogen-bond donors (Lipinski definition) is 1. The van der Waals surface area contributed by atoms with Crippen molar-refractivity contribution in [3.63, 3.8) is 0 Å². The molecule has 1 aliphatic heterocycles. The van der Waals surface area contributed by atoms with Gasteiger partial charge < -0.3 is 14.8 Å². The van der Waals surface area contributed by atoms with E-state index >= 15 is 0 Å². The van der Waals surface area contributed by atoms with Crippen molar-refractivity contribution in [2.24, 2.45) is 5.16 Å². The van der Waals surface area contributed by atoms with E-state index in [1.165, 1.54) is 16.8 Å². The van der Waals surface area contributed by atoms with Crippen LogP contribution in [0.15, 0.2) is 72.0 Å². The van der Waals surface area contributed by atoms with Crippen LogP contribution in [-0.4, -0.2) is 42.7 Å². The second-order valence-electron chi connectivity index (χ2n) is 8.05. The second-order valence-corrected chi connectivity index (χ2v) is 8.05. The lowest BCUT2D eigenvalue weighted by Gasteiger charge is -2.37. The van der Waals surface area contributed by atoms with Crippen molar-refractivity contribution < 1.29 is 9.94 Å². The molecule has 1 saturated heterocycles. The number of morpholine rings is 1. The smallest absolute Gasteiger partial charge is 0.0642 e. The maximum atomic E-state index is 9.35. The van der Waals surface area contributed by atoms with Crippen molar-refractivity contribution in [1.29, 1.82) is 0 Å². The van der Waals surface area contributed by atoms with Gasteiger partial charge in [0.1, 0.15) is 0 Å². The third kappa shape index (κ3) is 4.19. The molecule has 0 bridgehead atoms. The Labute approximate surface area is 184 Å². The van der Waals surface area contributed by atoms with Crippen LogP contribution in [0.5, 0.6) is 0 Å². The predicted octanol–water partition coefficient (Wildman–Crippen LogP) is 4.72. The largest absolute Gasteiger partial charge is 0.411 e. The Morgan fingerprint density at radius 2 is 1.77 bits per heavy atom. The Hall–Kier alpha value is -3.18. The van der Waals surface area contributed by atoms with E-state index < -0.39 is 5.41 Å². The van der Waals surface area contributed by atoms with E-state index in [-0.39, 0.29) is 0 Å². The molecular formula is C26H29N3O2. The molecule has 5 nitrogen and oxygen atoms in total. The number of ether oxygens (including phenoxy) is 1. The highest BCUT2D eigenvalue weighted by molar-refractivity contribution is 5.67. The number of oxime groups is 1. The van der Waals surface area contributed by atoms with E-state index in [1.807, 2.05) is 13.1 Å². The molecule has 4 rings (SSSR count). The van der Waals surface area contributed by atoms with Gasteiger partial charge in [0.2, 0.25) is 0 Å². The maximum Gasteiger partial charge on any atom is 0.0642 e. The number of pyridine rings is 1. The summed E-state index contributed by atoms with van der Waals surface area (Å²) in [6, 6.07) is 21.4. The fourth-order valence-electron chi connectivity index (χ4n) is 4.64. The van der Waals surface area contributed by atoms with Gasteiger partial charge in [0, 0.05) is 43.3 Å². The highest BCUT2D eigenvalue weighted by atomic mass is 16.5. The molecule has 1 aliphatic rings. The van der Waals surface area contributed by atoms with Crippen LogP contribution in [0.25, 0.3) is 0 Å². The normalized spacial score (nSPS) is 16.4. The summed E-state index contributed by atoms with van der Waals surface area (Å²) in [6.07, 6.45) is 3.99. The first-order chi connectivity index (χ1) is 15.1. The van der Waals surface area contributed by atoms with Crippen molar-refractivity contribution in [3.8, 4) is 0 Å². The summed E-state index contributed by atoms with van der Waals surface area (Å²) in [5.74, 6) is 0. The SMILES string of the molecule is Cc1cc([C@](C/C=N/O)(c2ccc(N3CCOCC3)cc2)c2ccccc2C)ccn1. The molecule has 0 unspecified atom stereocenters. The van der Waals surface area contributed by atoms with Crippen LogP contribution < -0.4 is 4.90 Å². The highest BCUT2D eigenvalue weighted by Crippen LogP contribution is 2.43.